The van der Waals surface area contributed by atoms with Crippen molar-refractivity contribution in [3.05, 3.63) is 23.8 Å². The van der Waals surface area contributed by atoms with Crippen LogP contribution in [0, 0.1) is 0 Å². The van der Waals surface area contributed by atoms with Crippen molar-refractivity contribution in [1.29, 1.82) is 0 Å². The fourth-order valence-corrected chi connectivity index (χ4v) is 1.14. The molecule has 1 amide bonds. The number of rotatable bonds is 4. The molecular formula is C10H14N2O3. The van der Waals surface area contributed by atoms with Crippen LogP contribution >= 0.6 is 0 Å². The van der Waals surface area contributed by atoms with Gasteiger partial charge in [0.15, 0.2) is 11.5 Å². The second-order valence-electron chi connectivity index (χ2n) is 3.13. The van der Waals surface area contributed by atoms with E-state index >= 15 is 0 Å². The normalized spacial score (nSPS) is 9.93. The molecule has 0 radical (unpaired) electrons. The quantitative estimate of drug-likeness (QED) is 0.514. The Hall–Kier alpha value is -1.75. The number of benzene rings is 1. The van der Waals surface area contributed by atoms with Crippen molar-refractivity contribution in [3.8, 4) is 11.5 Å². The molecule has 1 aromatic carbocycles. The second-order valence-corrected chi connectivity index (χ2v) is 3.13. The Bertz CT molecular complexity index is 353. The van der Waals surface area contributed by atoms with Crippen molar-refractivity contribution in [2.45, 2.75) is 6.42 Å². The molecule has 15 heavy (non-hydrogen) atoms. The van der Waals surface area contributed by atoms with E-state index in [1.165, 1.54) is 12.1 Å². The fraction of sp³-hybridized carbons (Fsp3) is 0.300. The lowest BCUT2D eigenvalue weighted by molar-refractivity contribution is -0.119. The minimum Gasteiger partial charge on any atom is -0.504 e. The van der Waals surface area contributed by atoms with Gasteiger partial charge in [-0.2, -0.15) is 0 Å². The van der Waals surface area contributed by atoms with Crippen molar-refractivity contribution in [1.82, 2.24) is 5.32 Å². The van der Waals surface area contributed by atoms with Crippen molar-refractivity contribution in [3.63, 3.8) is 0 Å². The standard InChI is InChI=1S/C10H14N2O3/c11-6-10(15)12-4-3-7-1-2-8(13)9(14)5-7/h1-2,5,13-14H,3-4,6,11H2,(H,12,15). The number of phenolic OH excluding ortho intramolecular Hbond substituents is 2. The maximum Gasteiger partial charge on any atom is 0.233 e. The van der Waals surface area contributed by atoms with Crippen LogP contribution in [0.15, 0.2) is 18.2 Å². The van der Waals surface area contributed by atoms with E-state index in [2.05, 4.69) is 5.32 Å². The van der Waals surface area contributed by atoms with Gasteiger partial charge in [-0.05, 0) is 24.1 Å². The Balaban J connectivity index is 2.44. The lowest BCUT2D eigenvalue weighted by Crippen LogP contribution is -2.31. The van der Waals surface area contributed by atoms with E-state index in [9.17, 15) is 9.90 Å². The summed E-state index contributed by atoms with van der Waals surface area (Å²) in [7, 11) is 0. The Kier molecular flexibility index (Phi) is 3.93. The zero-order chi connectivity index (χ0) is 11.3. The molecule has 5 heteroatoms. The zero-order valence-corrected chi connectivity index (χ0v) is 8.23. The molecule has 0 atom stereocenters. The third kappa shape index (κ3) is 3.47. The van der Waals surface area contributed by atoms with Crippen molar-refractivity contribution >= 4 is 5.91 Å². The SMILES string of the molecule is NCC(=O)NCCc1ccc(O)c(O)c1. The van der Waals surface area contributed by atoms with Crippen LogP contribution in [0.25, 0.3) is 0 Å². The number of carbonyl (C=O) groups is 1. The van der Waals surface area contributed by atoms with E-state index in [-0.39, 0.29) is 24.0 Å². The van der Waals surface area contributed by atoms with Gasteiger partial charge in [0.1, 0.15) is 0 Å². The summed E-state index contributed by atoms with van der Waals surface area (Å²) in [4.78, 5) is 10.8. The molecule has 0 saturated heterocycles. The number of carbonyl (C=O) groups excluding carboxylic acids is 1. The molecule has 0 unspecified atom stereocenters. The molecule has 0 aliphatic heterocycles. The Morgan fingerprint density at radius 3 is 2.67 bits per heavy atom. The first-order chi connectivity index (χ1) is 7.13. The minimum atomic E-state index is -0.210. The first kappa shape index (κ1) is 11.3. The maximum atomic E-state index is 10.8. The number of aromatic hydroxyl groups is 2. The average molecular weight is 210 g/mol. The van der Waals surface area contributed by atoms with Crippen LogP contribution in [0.2, 0.25) is 0 Å². The number of hydrogen-bond donors (Lipinski definition) is 4. The van der Waals surface area contributed by atoms with Gasteiger partial charge >= 0.3 is 0 Å². The predicted octanol–water partition coefficient (Wildman–Crippen LogP) is -0.285. The van der Waals surface area contributed by atoms with Crippen LogP contribution in [0.1, 0.15) is 5.56 Å². The summed E-state index contributed by atoms with van der Waals surface area (Å²) in [5.41, 5.74) is 5.95. The molecule has 1 rings (SSSR count). The topological polar surface area (TPSA) is 95.6 Å². The first-order valence-electron chi connectivity index (χ1n) is 4.61. The lowest BCUT2D eigenvalue weighted by Gasteiger charge is -2.04. The summed E-state index contributed by atoms with van der Waals surface area (Å²) < 4.78 is 0. The van der Waals surface area contributed by atoms with Crippen molar-refractivity contribution in [2.24, 2.45) is 5.73 Å². The third-order valence-corrected chi connectivity index (χ3v) is 1.96. The molecule has 0 aliphatic rings. The summed E-state index contributed by atoms with van der Waals surface area (Å²) >= 11 is 0. The molecule has 0 aromatic heterocycles. The Morgan fingerprint density at radius 2 is 2.07 bits per heavy atom. The summed E-state index contributed by atoms with van der Waals surface area (Å²) in [6, 6.07) is 4.56. The van der Waals surface area contributed by atoms with E-state index < -0.39 is 0 Å². The number of nitrogens with two attached hydrogens (primary N) is 1. The molecule has 0 saturated carbocycles. The minimum absolute atomic E-state index is 0.0270. The number of nitrogens with one attached hydrogen (secondary N) is 1. The average Bonchev–Trinajstić information content (AvgIpc) is 2.23. The van der Waals surface area contributed by atoms with Crippen LogP contribution in [-0.2, 0) is 11.2 Å². The largest absolute Gasteiger partial charge is 0.504 e. The molecule has 82 valence electrons. The van der Waals surface area contributed by atoms with Crippen LogP contribution in [0.4, 0.5) is 0 Å². The Morgan fingerprint density at radius 1 is 1.33 bits per heavy atom. The number of hydrogen-bond acceptors (Lipinski definition) is 4. The van der Waals surface area contributed by atoms with E-state index in [1.54, 1.807) is 6.07 Å². The molecule has 0 bridgehead atoms. The molecule has 0 heterocycles. The van der Waals surface area contributed by atoms with Gasteiger partial charge in [-0.3, -0.25) is 4.79 Å². The van der Waals surface area contributed by atoms with Gasteiger partial charge in [-0.15, -0.1) is 0 Å². The zero-order valence-electron chi connectivity index (χ0n) is 8.23. The number of phenols is 2. The highest BCUT2D eigenvalue weighted by Crippen LogP contribution is 2.24. The van der Waals surface area contributed by atoms with Crippen molar-refractivity contribution in [2.75, 3.05) is 13.1 Å². The van der Waals surface area contributed by atoms with E-state index in [0.717, 1.165) is 5.56 Å². The number of amides is 1. The van der Waals surface area contributed by atoms with Gasteiger partial charge < -0.3 is 21.3 Å². The third-order valence-electron chi connectivity index (χ3n) is 1.96. The summed E-state index contributed by atoms with van der Waals surface area (Å²) in [5.74, 6) is -0.514. The van der Waals surface area contributed by atoms with E-state index in [0.29, 0.717) is 13.0 Å². The van der Waals surface area contributed by atoms with Gasteiger partial charge in [0.05, 0.1) is 6.54 Å². The van der Waals surface area contributed by atoms with E-state index in [1.807, 2.05) is 0 Å². The first-order valence-corrected chi connectivity index (χ1v) is 4.61. The van der Waals surface area contributed by atoms with Gasteiger partial charge in [-0.1, -0.05) is 6.07 Å². The molecule has 0 aliphatic carbocycles. The molecule has 5 N–H and O–H groups in total. The fourth-order valence-electron chi connectivity index (χ4n) is 1.14. The maximum absolute atomic E-state index is 10.8. The molecule has 1 aromatic rings. The van der Waals surface area contributed by atoms with Gasteiger partial charge in [0.2, 0.25) is 5.91 Å². The molecule has 0 fully saturated rings. The van der Waals surface area contributed by atoms with Crippen LogP contribution in [0.3, 0.4) is 0 Å². The highest BCUT2D eigenvalue weighted by molar-refractivity contribution is 5.77. The highest BCUT2D eigenvalue weighted by Gasteiger charge is 2.01. The summed E-state index contributed by atoms with van der Waals surface area (Å²) in [6.45, 7) is 0.432. The molecule has 5 nitrogen and oxygen atoms in total. The van der Waals surface area contributed by atoms with Gasteiger partial charge in [-0.25, -0.2) is 0 Å². The predicted molar refractivity (Wildman–Crippen MR) is 55.5 cm³/mol. The van der Waals surface area contributed by atoms with Crippen LogP contribution in [-0.4, -0.2) is 29.2 Å². The smallest absolute Gasteiger partial charge is 0.233 e. The summed E-state index contributed by atoms with van der Waals surface area (Å²) in [5, 5.41) is 20.9. The lowest BCUT2D eigenvalue weighted by atomic mass is 10.1. The summed E-state index contributed by atoms with van der Waals surface area (Å²) in [6.07, 6.45) is 0.583. The monoisotopic (exact) mass is 210 g/mol. The highest BCUT2D eigenvalue weighted by atomic mass is 16.3. The molecular weight excluding hydrogens is 196 g/mol. The van der Waals surface area contributed by atoms with Crippen LogP contribution in [0.5, 0.6) is 11.5 Å². The second kappa shape index (κ2) is 5.21. The molecule has 0 spiro atoms. The van der Waals surface area contributed by atoms with Gasteiger partial charge in [0.25, 0.3) is 0 Å². The van der Waals surface area contributed by atoms with Crippen LogP contribution < -0.4 is 11.1 Å². The van der Waals surface area contributed by atoms with Gasteiger partial charge in [0, 0.05) is 6.54 Å². The Labute approximate surface area is 87.5 Å². The van der Waals surface area contributed by atoms with E-state index in [4.69, 9.17) is 10.8 Å². The van der Waals surface area contributed by atoms with Crippen molar-refractivity contribution < 1.29 is 15.0 Å².